The summed E-state index contributed by atoms with van der Waals surface area (Å²) < 4.78 is 27.8. The molecule has 9 heteroatoms. The Morgan fingerprint density at radius 3 is 2.41 bits per heavy atom. The van der Waals surface area contributed by atoms with Gasteiger partial charge in [0.15, 0.2) is 0 Å². The van der Waals surface area contributed by atoms with Gasteiger partial charge in [-0.2, -0.15) is 0 Å². The van der Waals surface area contributed by atoms with E-state index in [1.807, 2.05) is 30.3 Å². The molecule has 1 amide bonds. The molecule has 3 N–H and O–H groups in total. The van der Waals surface area contributed by atoms with Gasteiger partial charge in [-0.1, -0.05) is 61.2 Å². The predicted octanol–water partition coefficient (Wildman–Crippen LogP) is 2.83. The van der Waals surface area contributed by atoms with Crippen molar-refractivity contribution in [1.82, 2.24) is 14.9 Å². The molecule has 1 aromatic heterocycles. The molecule has 29 heavy (non-hydrogen) atoms. The van der Waals surface area contributed by atoms with Gasteiger partial charge < -0.3 is 5.73 Å². The lowest BCUT2D eigenvalue weighted by molar-refractivity contribution is 0.0997. The summed E-state index contributed by atoms with van der Waals surface area (Å²) in [6, 6.07) is 18.0. The minimum absolute atomic E-state index is 0.0900. The summed E-state index contributed by atoms with van der Waals surface area (Å²) in [5, 5.41) is 9.08. The van der Waals surface area contributed by atoms with E-state index in [2.05, 4.69) is 14.9 Å². The van der Waals surface area contributed by atoms with Crippen molar-refractivity contribution in [2.75, 3.05) is 6.54 Å². The number of thioether (sulfide) groups is 1. The smallest absolute Gasteiger partial charge is 0.250 e. The number of benzene rings is 2. The van der Waals surface area contributed by atoms with Crippen LogP contribution in [0, 0.1) is 0 Å². The molecule has 3 aromatic rings. The van der Waals surface area contributed by atoms with Gasteiger partial charge >= 0.3 is 0 Å². The SMILES string of the molecule is CCNS(=O)(=O)c1c(C(N)=O)cccc1-c1ccc(SCc2ccccc2)nn1. The van der Waals surface area contributed by atoms with Crippen molar-refractivity contribution in [2.24, 2.45) is 5.73 Å². The molecule has 2 aromatic carbocycles. The second kappa shape index (κ2) is 9.17. The highest BCUT2D eigenvalue weighted by Crippen LogP contribution is 2.30. The molecule has 0 aliphatic heterocycles. The standard InChI is InChI=1S/C20H20N4O3S2/c1-2-22-29(26,27)19-15(9-6-10-16(19)20(21)25)17-11-12-18(24-23-17)28-13-14-7-4-3-5-8-14/h3-12,22H,2,13H2,1H3,(H2,21,25). The first kappa shape index (κ1) is 21.0. The Balaban J connectivity index is 1.94. The summed E-state index contributed by atoms with van der Waals surface area (Å²) in [7, 11) is -3.95. The van der Waals surface area contributed by atoms with E-state index in [4.69, 9.17) is 5.73 Å². The van der Waals surface area contributed by atoms with Crippen LogP contribution < -0.4 is 10.5 Å². The van der Waals surface area contributed by atoms with E-state index in [0.717, 1.165) is 11.3 Å². The number of hydrogen-bond donors (Lipinski definition) is 2. The van der Waals surface area contributed by atoms with Crippen LogP contribution in [0.15, 0.2) is 70.6 Å². The first-order chi connectivity index (χ1) is 13.9. The molecule has 0 radical (unpaired) electrons. The van der Waals surface area contributed by atoms with Gasteiger partial charge in [0.2, 0.25) is 15.9 Å². The van der Waals surface area contributed by atoms with Gasteiger partial charge in [-0.25, -0.2) is 13.1 Å². The molecular weight excluding hydrogens is 408 g/mol. The highest BCUT2D eigenvalue weighted by molar-refractivity contribution is 7.98. The summed E-state index contributed by atoms with van der Waals surface area (Å²) in [4.78, 5) is 11.6. The maximum atomic E-state index is 12.7. The summed E-state index contributed by atoms with van der Waals surface area (Å²) in [5.74, 6) is -0.0853. The molecule has 0 atom stereocenters. The van der Waals surface area contributed by atoms with Crippen LogP contribution in [0.2, 0.25) is 0 Å². The quantitative estimate of drug-likeness (QED) is 0.533. The molecule has 0 unspecified atom stereocenters. The molecule has 0 fully saturated rings. The van der Waals surface area contributed by atoms with Gasteiger partial charge in [-0.05, 0) is 23.8 Å². The molecule has 150 valence electrons. The first-order valence-corrected chi connectivity index (χ1v) is 11.3. The van der Waals surface area contributed by atoms with E-state index in [0.29, 0.717) is 10.7 Å². The zero-order valence-electron chi connectivity index (χ0n) is 15.7. The minimum Gasteiger partial charge on any atom is -0.366 e. The second-order valence-corrected chi connectivity index (χ2v) is 8.78. The van der Waals surface area contributed by atoms with Gasteiger partial charge in [-0.15, -0.1) is 10.2 Å². The third kappa shape index (κ3) is 5.00. The number of aromatic nitrogens is 2. The number of nitrogens with one attached hydrogen (secondary N) is 1. The number of sulfonamides is 1. The van der Waals surface area contributed by atoms with Gasteiger partial charge in [0, 0.05) is 17.9 Å². The number of nitrogens with zero attached hydrogens (tertiary/aromatic N) is 2. The lowest BCUT2D eigenvalue weighted by atomic mass is 10.1. The highest BCUT2D eigenvalue weighted by atomic mass is 32.2. The Bertz CT molecular complexity index is 1100. The molecule has 0 saturated heterocycles. The number of carbonyl (C=O) groups is 1. The first-order valence-electron chi connectivity index (χ1n) is 8.85. The van der Waals surface area contributed by atoms with E-state index in [9.17, 15) is 13.2 Å². The summed E-state index contributed by atoms with van der Waals surface area (Å²) >= 11 is 1.53. The molecule has 3 rings (SSSR count). The number of primary amides is 1. The number of carbonyl (C=O) groups excluding carboxylic acids is 1. The van der Waals surface area contributed by atoms with Crippen molar-refractivity contribution >= 4 is 27.7 Å². The van der Waals surface area contributed by atoms with Crippen LogP contribution in [0.1, 0.15) is 22.8 Å². The van der Waals surface area contributed by atoms with Crippen molar-refractivity contribution in [3.8, 4) is 11.3 Å². The number of rotatable bonds is 8. The van der Waals surface area contributed by atoms with Crippen molar-refractivity contribution in [2.45, 2.75) is 22.6 Å². The molecule has 0 aliphatic carbocycles. The molecular formula is C20H20N4O3S2. The van der Waals surface area contributed by atoms with E-state index in [1.54, 1.807) is 31.2 Å². The fourth-order valence-corrected chi connectivity index (χ4v) is 4.97. The van der Waals surface area contributed by atoms with Crippen LogP contribution in [-0.4, -0.2) is 31.1 Å². The van der Waals surface area contributed by atoms with Crippen LogP contribution in [0.4, 0.5) is 0 Å². The Morgan fingerprint density at radius 1 is 1.03 bits per heavy atom. The minimum atomic E-state index is -3.95. The van der Waals surface area contributed by atoms with Crippen molar-refractivity contribution in [3.63, 3.8) is 0 Å². The maximum absolute atomic E-state index is 12.7. The maximum Gasteiger partial charge on any atom is 0.250 e. The Morgan fingerprint density at radius 2 is 1.79 bits per heavy atom. The van der Waals surface area contributed by atoms with Crippen LogP contribution in [0.25, 0.3) is 11.3 Å². The normalized spacial score (nSPS) is 11.3. The number of amides is 1. The zero-order chi connectivity index (χ0) is 20.9. The predicted molar refractivity (Wildman–Crippen MR) is 113 cm³/mol. The highest BCUT2D eigenvalue weighted by Gasteiger charge is 2.25. The van der Waals surface area contributed by atoms with E-state index in [1.165, 1.54) is 17.8 Å². The number of nitrogens with two attached hydrogens (primary N) is 1. The average Bonchev–Trinajstić information content (AvgIpc) is 2.73. The molecule has 0 spiro atoms. The molecule has 7 nitrogen and oxygen atoms in total. The molecule has 0 bridgehead atoms. The van der Waals surface area contributed by atoms with Crippen molar-refractivity contribution in [1.29, 1.82) is 0 Å². The van der Waals surface area contributed by atoms with Crippen molar-refractivity contribution in [3.05, 3.63) is 71.8 Å². The fraction of sp³-hybridized carbons (Fsp3) is 0.150. The summed E-state index contributed by atoms with van der Waals surface area (Å²) in [5.41, 5.74) is 7.09. The molecule has 0 saturated carbocycles. The molecule has 0 aliphatic rings. The van der Waals surface area contributed by atoms with E-state index < -0.39 is 15.9 Å². The average molecular weight is 429 g/mol. The van der Waals surface area contributed by atoms with Gasteiger partial charge in [0.05, 0.1) is 11.3 Å². The lowest BCUT2D eigenvalue weighted by Crippen LogP contribution is -2.27. The van der Waals surface area contributed by atoms with Gasteiger partial charge in [-0.3, -0.25) is 4.79 Å². The zero-order valence-corrected chi connectivity index (χ0v) is 17.3. The fourth-order valence-electron chi connectivity index (χ4n) is 2.76. The van der Waals surface area contributed by atoms with Crippen LogP contribution in [0.3, 0.4) is 0 Å². The Kier molecular flexibility index (Phi) is 6.63. The molecule has 1 heterocycles. The van der Waals surface area contributed by atoms with Gasteiger partial charge in [0.25, 0.3) is 0 Å². The Labute approximate surface area is 173 Å². The third-order valence-electron chi connectivity index (χ3n) is 4.03. The summed E-state index contributed by atoms with van der Waals surface area (Å²) in [6.07, 6.45) is 0. The topological polar surface area (TPSA) is 115 Å². The van der Waals surface area contributed by atoms with E-state index in [-0.39, 0.29) is 22.6 Å². The van der Waals surface area contributed by atoms with E-state index >= 15 is 0 Å². The Hall–Kier alpha value is -2.75. The van der Waals surface area contributed by atoms with Gasteiger partial charge in [0.1, 0.15) is 9.92 Å². The lowest BCUT2D eigenvalue weighted by Gasteiger charge is -2.13. The van der Waals surface area contributed by atoms with Crippen LogP contribution in [-0.2, 0) is 15.8 Å². The summed E-state index contributed by atoms with van der Waals surface area (Å²) in [6.45, 7) is 1.83. The van der Waals surface area contributed by atoms with Crippen LogP contribution in [0.5, 0.6) is 0 Å². The monoisotopic (exact) mass is 428 g/mol. The second-order valence-electron chi connectivity index (χ2n) is 6.08. The number of hydrogen-bond acceptors (Lipinski definition) is 6. The third-order valence-corrected chi connectivity index (χ3v) is 6.67. The largest absolute Gasteiger partial charge is 0.366 e. The van der Waals surface area contributed by atoms with Crippen LogP contribution >= 0.6 is 11.8 Å². The van der Waals surface area contributed by atoms with Crippen molar-refractivity contribution < 1.29 is 13.2 Å².